The number of likely N-dealkylation sites (tertiary alicyclic amines) is 1. The smallest absolute Gasteiger partial charge is 0.257 e. The number of nitrogens with one attached hydrogen (secondary N) is 3. The largest absolute Gasteiger partial charge is 0.484 e. The molecule has 0 radical (unpaired) electrons. The highest BCUT2D eigenvalue weighted by Crippen LogP contribution is 2.39. The van der Waals surface area contributed by atoms with Crippen LogP contribution >= 0.6 is 12.4 Å². The molecule has 2 aromatic carbocycles. The number of nitrogens with zero attached hydrogens (tertiary/aromatic N) is 3. The number of halogens is 1. The highest BCUT2D eigenvalue weighted by atomic mass is 35.5. The van der Waals surface area contributed by atoms with Crippen molar-refractivity contribution < 1.29 is 33.3 Å². The lowest BCUT2D eigenvalue weighted by molar-refractivity contribution is -0.130. The molecule has 6 aliphatic rings. The van der Waals surface area contributed by atoms with Crippen molar-refractivity contribution in [1.29, 1.82) is 0 Å². The van der Waals surface area contributed by atoms with Gasteiger partial charge in [0.15, 0.2) is 23.7 Å². The average molecular weight is 843 g/mol. The molecule has 0 bridgehead atoms. The van der Waals surface area contributed by atoms with Gasteiger partial charge in [0.2, 0.25) is 11.8 Å². The Morgan fingerprint density at radius 3 is 1.58 bits per heavy atom. The molecule has 2 aromatic heterocycles. The van der Waals surface area contributed by atoms with Crippen LogP contribution in [0, 0.1) is 10.8 Å². The summed E-state index contributed by atoms with van der Waals surface area (Å²) in [5.74, 6) is 2.99. The van der Waals surface area contributed by atoms with Gasteiger partial charge in [0.1, 0.15) is 19.5 Å². The maximum Gasteiger partial charge on any atom is 0.257 e. The molecular formula is C46H59ClN6O7. The number of amides is 2. The summed E-state index contributed by atoms with van der Waals surface area (Å²) in [5.41, 5.74) is 3.92. The average Bonchev–Trinajstić information content (AvgIpc) is 3.81. The van der Waals surface area contributed by atoms with Crippen LogP contribution in [0.3, 0.4) is 0 Å². The van der Waals surface area contributed by atoms with Crippen molar-refractivity contribution in [2.45, 2.75) is 72.1 Å². The Balaban J connectivity index is 0.000000184. The molecule has 0 aliphatic carbocycles. The third kappa shape index (κ3) is 10.4. The van der Waals surface area contributed by atoms with E-state index in [-0.39, 0.29) is 56.2 Å². The van der Waals surface area contributed by atoms with Gasteiger partial charge in [-0.2, -0.15) is 0 Å². The van der Waals surface area contributed by atoms with Crippen molar-refractivity contribution in [2.75, 3.05) is 52.5 Å². The van der Waals surface area contributed by atoms with Gasteiger partial charge in [0.05, 0.1) is 10.8 Å². The molecule has 60 heavy (non-hydrogen) atoms. The normalized spacial score (nSPS) is 21.5. The number of aldehydes is 1. The van der Waals surface area contributed by atoms with Gasteiger partial charge in [0.25, 0.3) is 11.8 Å². The second kappa shape index (κ2) is 20.8. The number of benzene rings is 2. The summed E-state index contributed by atoms with van der Waals surface area (Å²) in [6, 6.07) is 23.2. The highest BCUT2D eigenvalue weighted by molar-refractivity contribution is 5.86. The first kappa shape index (κ1) is 45.8. The van der Waals surface area contributed by atoms with Gasteiger partial charge in [-0.15, -0.1) is 12.4 Å². The van der Waals surface area contributed by atoms with Gasteiger partial charge in [-0.1, -0.05) is 63.4 Å². The van der Waals surface area contributed by atoms with Gasteiger partial charge in [-0.05, 0) is 106 Å². The van der Waals surface area contributed by atoms with E-state index in [1.54, 1.807) is 30.6 Å². The molecule has 2 spiro atoms. The molecular weight excluding hydrogens is 784 g/mol. The topological polar surface area (TPSA) is 153 Å². The fraction of sp³-hybridized carbons (Fsp3) is 0.457. The molecule has 0 saturated carbocycles. The molecule has 8 heterocycles. The van der Waals surface area contributed by atoms with E-state index in [2.05, 4.69) is 55.1 Å². The molecule has 0 unspecified atom stereocenters. The number of hydrogen-bond acceptors (Lipinski definition) is 11. The molecule has 13 nitrogen and oxygen atoms in total. The van der Waals surface area contributed by atoms with Crippen LogP contribution in [0.15, 0.2) is 85.2 Å². The monoisotopic (exact) mass is 842 g/mol. The van der Waals surface area contributed by atoms with Crippen LogP contribution in [0.1, 0.15) is 92.6 Å². The predicted octanol–water partition coefficient (Wildman–Crippen LogP) is 6.67. The number of carbonyl (C=O) groups excluding carboxylic acids is 3. The summed E-state index contributed by atoms with van der Waals surface area (Å²) in [4.78, 5) is 44.9. The molecule has 6 aliphatic heterocycles. The van der Waals surface area contributed by atoms with Gasteiger partial charge >= 0.3 is 0 Å². The van der Waals surface area contributed by atoms with E-state index in [1.165, 1.54) is 5.56 Å². The maximum atomic E-state index is 12.1. The van der Waals surface area contributed by atoms with Crippen LogP contribution < -0.4 is 34.9 Å². The number of pyridine rings is 2. The third-order valence-corrected chi connectivity index (χ3v) is 12.1. The molecule has 4 saturated heterocycles. The van der Waals surface area contributed by atoms with Crippen LogP contribution in [-0.4, -0.2) is 85.5 Å². The molecule has 2 atom stereocenters. The first-order valence-electron chi connectivity index (χ1n) is 20.0. The number of carbonyl (C=O) groups is 3. The van der Waals surface area contributed by atoms with Crippen molar-refractivity contribution in [3.8, 4) is 23.3 Å². The predicted molar refractivity (Wildman–Crippen MR) is 232 cm³/mol. The Bertz CT molecular complexity index is 2020. The van der Waals surface area contributed by atoms with Gasteiger partial charge in [-0.25, -0.2) is 9.97 Å². The number of fused-ring (bicyclic) bond motifs is 2. The minimum absolute atomic E-state index is 0. The van der Waals surface area contributed by atoms with E-state index < -0.39 is 0 Å². The van der Waals surface area contributed by atoms with Gasteiger partial charge in [-0.3, -0.25) is 19.3 Å². The summed E-state index contributed by atoms with van der Waals surface area (Å²) < 4.78 is 23.1. The lowest BCUT2D eigenvalue weighted by Crippen LogP contribution is -2.43. The van der Waals surface area contributed by atoms with E-state index in [4.69, 9.17) is 18.9 Å². The Morgan fingerprint density at radius 1 is 0.650 bits per heavy atom. The van der Waals surface area contributed by atoms with E-state index >= 15 is 0 Å². The Morgan fingerprint density at radius 2 is 1.12 bits per heavy atom. The van der Waals surface area contributed by atoms with E-state index in [0.717, 1.165) is 102 Å². The van der Waals surface area contributed by atoms with Crippen LogP contribution in [0.25, 0.3) is 0 Å². The molecule has 4 fully saturated rings. The zero-order valence-corrected chi connectivity index (χ0v) is 33.3. The fourth-order valence-electron chi connectivity index (χ4n) is 8.46. The number of ether oxygens (including phenoxy) is 4. The number of hydrogen-bond donors (Lipinski definition) is 3. The zero-order chi connectivity index (χ0) is 39.1. The van der Waals surface area contributed by atoms with Gasteiger partial charge < -0.3 is 34.9 Å². The number of aromatic nitrogens is 2. The second-order valence-corrected chi connectivity index (χ2v) is 15.6. The van der Waals surface area contributed by atoms with Crippen molar-refractivity contribution in [3.05, 3.63) is 107 Å². The summed E-state index contributed by atoms with van der Waals surface area (Å²) >= 11 is 0. The Labute approximate surface area is 359 Å². The van der Waals surface area contributed by atoms with Gasteiger partial charge in [0, 0.05) is 37.6 Å². The first-order chi connectivity index (χ1) is 27.9. The van der Waals surface area contributed by atoms with E-state index in [0.29, 0.717) is 47.9 Å². The highest BCUT2D eigenvalue weighted by Gasteiger charge is 2.44. The minimum atomic E-state index is -0.187. The quantitative estimate of drug-likeness (QED) is 0.185. The van der Waals surface area contributed by atoms with Crippen molar-refractivity contribution >= 4 is 30.5 Å². The standard InChI is InChI=1S/C22H25N3O3.C14H11NO3.C8H14N2O.2CH4.ClH/c26-21-22(7-11-24-21)8-12-25(13-9-22)14-16-3-5-17(6-4-16)19-15-27-18-2-1-10-23-20(18)28-19;16-8-10-3-5-11(6-4-10)13-9-17-12-2-1-7-15-14(12)18-13;11-7-8(3-6-10-7)1-4-9-5-2-8;;;/h1-6,10,19H,7-9,11-15H2,(H,24,26);1-8,13H,9H2;9H,1-6H2,(H,10,11);2*1H4;1H/t19-;13-;;;;/m11..../s1. The summed E-state index contributed by atoms with van der Waals surface area (Å²) in [6.07, 6.45) is 9.92. The summed E-state index contributed by atoms with van der Waals surface area (Å²) in [5, 5.41) is 9.19. The summed E-state index contributed by atoms with van der Waals surface area (Å²) in [7, 11) is 0. The van der Waals surface area contributed by atoms with Crippen LogP contribution in [0.4, 0.5) is 0 Å². The second-order valence-electron chi connectivity index (χ2n) is 15.6. The zero-order valence-electron chi connectivity index (χ0n) is 32.5. The van der Waals surface area contributed by atoms with Crippen molar-refractivity contribution in [1.82, 2.24) is 30.8 Å². The first-order valence-corrected chi connectivity index (χ1v) is 20.0. The molecule has 2 amide bonds. The van der Waals surface area contributed by atoms with Crippen LogP contribution in [0.5, 0.6) is 23.3 Å². The third-order valence-electron chi connectivity index (χ3n) is 12.1. The molecule has 10 rings (SSSR count). The molecule has 14 heteroatoms. The lowest BCUT2D eigenvalue weighted by Gasteiger charge is -2.37. The molecule has 4 aromatic rings. The number of rotatable bonds is 5. The summed E-state index contributed by atoms with van der Waals surface area (Å²) in [6.45, 7) is 7.57. The Hall–Kier alpha value is -5.24. The van der Waals surface area contributed by atoms with E-state index in [1.807, 2.05) is 30.3 Å². The fourth-order valence-corrected chi connectivity index (χ4v) is 8.46. The molecule has 3 N–H and O–H groups in total. The van der Waals surface area contributed by atoms with Crippen LogP contribution in [0.2, 0.25) is 0 Å². The van der Waals surface area contributed by atoms with E-state index in [9.17, 15) is 14.4 Å². The lowest BCUT2D eigenvalue weighted by atomic mass is 9.77. The Kier molecular flexibility index (Phi) is 15.9. The SMILES string of the molecule is C.C.Cl.O=C1NCCC12CCN(Cc1ccc([C@H]3COc4cccnc4O3)cc1)CC2.O=C1NCCC12CCNCC2.O=Cc1ccc([C@H]2COc3cccnc3O2)cc1. The maximum absolute atomic E-state index is 12.1. The number of piperidine rings is 2. The molecule has 322 valence electrons. The van der Waals surface area contributed by atoms with Crippen LogP contribution in [-0.2, 0) is 16.1 Å². The van der Waals surface area contributed by atoms with Crippen molar-refractivity contribution in [3.63, 3.8) is 0 Å². The minimum Gasteiger partial charge on any atom is -0.484 e. The van der Waals surface area contributed by atoms with Crippen molar-refractivity contribution in [2.24, 2.45) is 10.8 Å².